The molecule has 0 bridgehead atoms. The summed E-state index contributed by atoms with van der Waals surface area (Å²) in [5, 5.41) is 87.3. The smallest absolute Gasteiger partial charge is 0.220 e. The number of nitrogens with one attached hydrogen (secondary N) is 1. The van der Waals surface area contributed by atoms with Gasteiger partial charge >= 0.3 is 0 Å². The van der Waals surface area contributed by atoms with Crippen LogP contribution in [0.4, 0.5) is 0 Å². The van der Waals surface area contributed by atoms with Crippen LogP contribution in [0.15, 0.2) is 12.2 Å². The first-order valence-corrected chi connectivity index (χ1v) is 32.9. The Labute approximate surface area is 476 Å². The fourth-order valence-corrected chi connectivity index (χ4v) is 11.2. The van der Waals surface area contributed by atoms with Crippen molar-refractivity contribution in [2.75, 3.05) is 19.8 Å². The average molecular weight is 1110 g/mol. The van der Waals surface area contributed by atoms with E-state index in [9.17, 15) is 45.6 Å². The van der Waals surface area contributed by atoms with Gasteiger partial charge in [0.1, 0.15) is 48.8 Å². The third-order valence-corrected chi connectivity index (χ3v) is 16.5. The van der Waals surface area contributed by atoms with Gasteiger partial charge in [0.2, 0.25) is 5.91 Å². The van der Waals surface area contributed by atoms with Gasteiger partial charge in [-0.3, -0.25) is 4.79 Å². The Morgan fingerprint density at radius 1 is 0.449 bits per heavy atom. The van der Waals surface area contributed by atoms with E-state index in [0.717, 1.165) is 38.5 Å². The molecule has 14 nitrogen and oxygen atoms in total. The summed E-state index contributed by atoms with van der Waals surface area (Å²) < 4.78 is 22.8. The van der Waals surface area contributed by atoms with Crippen molar-refractivity contribution in [3.8, 4) is 0 Å². The summed E-state index contributed by atoms with van der Waals surface area (Å²) in [7, 11) is 0. The third-order valence-electron chi connectivity index (χ3n) is 16.5. The molecular formula is C64H123NO13. The Balaban J connectivity index is 1.72. The molecule has 2 aliphatic rings. The summed E-state index contributed by atoms with van der Waals surface area (Å²) in [5.74, 6) is -0.232. The molecule has 0 saturated carbocycles. The van der Waals surface area contributed by atoms with Crippen molar-refractivity contribution >= 4 is 5.91 Å². The summed E-state index contributed by atoms with van der Waals surface area (Å²) in [6.45, 7) is 2.85. The molecule has 9 N–H and O–H groups in total. The molecule has 12 unspecified atom stereocenters. The quantitative estimate of drug-likeness (QED) is 0.0204. The number of amides is 1. The lowest BCUT2D eigenvalue weighted by molar-refractivity contribution is -0.359. The van der Waals surface area contributed by atoms with Crippen molar-refractivity contribution in [1.82, 2.24) is 5.32 Å². The molecule has 0 spiro atoms. The van der Waals surface area contributed by atoms with Gasteiger partial charge < -0.3 is 65.1 Å². The van der Waals surface area contributed by atoms with E-state index >= 15 is 0 Å². The van der Waals surface area contributed by atoms with E-state index in [-0.39, 0.29) is 18.9 Å². The third kappa shape index (κ3) is 35.0. The van der Waals surface area contributed by atoms with Crippen molar-refractivity contribution in [1.29, 1.82) is 0 Å². The van der Waals surface area contributed by atoms with Crippen LogP contribution >= 0.6 is 0 Å². The van der Waals surface area contributed by atoms with E-state index in [4.69, 9.17) is 18.9 Å². The van der Waals surface area contributed by atoms with Crippen LogP contribution in [0.25, 0.3) is 0 Å². The Morgan fingerprint density at radius 3 is 1.18 bits per heavy atom. The molecule has 78 heavy (non-hydrogen) atoms. The molecule has 12 atom stereocenters. The molecule has 0 radical (unpaired) electrons. The minimum absolute atomic E-state index is 0.232. The zero-order valence-electron chi connectivity index (χ0n) is 49.9. The number of ether oxygens (including phenoxy) is 4. The molecule has 1 amide bonds. The number of allylic oxidation sites excluding steroid dienone is 1. The Morgan fingerprint density at radius 2 is 0.795 bits per heavy atom. The van der Waals surface area contributed by atoms with Crippen LogP contribution in [0, 0.1) is 0 Å². The lowest BCUT2D eigenvalue weighted by Gasteiger charge is -2.46. The standard InChI is InChI=1S/C64H123NO13/c1-3-5-7-9-11-13-15-17-19-21-23-24-25-26-27-28-30-31-33-35-37-39-41-43-45-47-53(68)52(65-56(69)48-46-44-42-40-38-36-34-32-29-22-20-18-16-14-12-10-8-6-4-2)51-75-63-61(74)59(72)62(55(50-67)77-63)78-64-60(73)58(71)57(70)54(49-66)76-64/h45,47,52-55,57-64,66-68,70-74H,3-44,46,48-51H2,1-2H3,(H,65,69)/b47-45+. The molecule has 462 valence electrons. The zero-order chi connectivity index (χ0) is 56.7. The molecule has 2 heterocycles. The number of carbonyl (C=O) groups excluding carboxylic acids is 1. The number of carbonyl (C=O) groups is 1. The largest absolute Gasteiger partial charge is 0.394 e. The van der Waals surface area contributed by atoms with Crippen molar-refractivity contribution in [2.24, 2.45) is 0 Å². The van der Waals surface area contributed by atoms with E-state index in [1.807, 2.05) is 6.08 Å². The average Bonchev–Trinajstić information content (AvgIpc) is 3.44. The maximum absolute atomic E-state index is 13.3. The first kappa shape index (κ1) is 72.8. The van der Waals surface area contributed by atoms with E-state index in [0.29, 0.717) is 6.42 Å². The van der Waals surface area contributed by atoms with Crippen LogP contribution in [0.3, 0.4) is 0 Å². The monoisotopic (exact) mass is 1110 g/mol. The molecule has 2 saturated heterocycles. The fraction of sp³-hybridized carbons (Fsp3) is 0.953. The zero-order valence-corrected chi connectivity index (χ0v) is 49.9. The molecule has 0 aromatic carbocycles. The van der Waals surface area contributed by atoms with Crippen LogP contribution < -0.4 is 5.32 Å². The predicted molar refractivity (Wildman–Crippen MR) is 314 cm³/mol. The van der Waals surface area contributed by atoms with E-state index in [2.05, 4.69) is 19.2 Å². The maximum atomic E-state index is 13.3. The SMILES string of the molecule is CCCCCCCCCCCCCCCCCCCCCCCCC/C=C/C(O)C(COC1OC(CO)C(OC2OC(CO)C(O)C(O)C2O)C(O)C1O)NC(=O)CCCCCCCCCCCCCCCCCCCCC. The van der Waals surface area contributed by atoms with E-state index in [1.165, 1.54) is 231 Å². The highest BCUT2D eigenvalue weighted by Gasteiger charge is 2.51. The van der Waals surface area contributed by atoms with Crippen LogP contribution in [0.5, 0.6) is 0 Å². The molecule has 0 aliphatic carbocycles. The first-order valence-electron chi connectivity index (χ1n) is 32.9. The Bertz CT molecular complexity index is 1360. The van der Waals surface area contributed by atoms with Crippen molar-refractivity contribution in [3.05, 3.63) is 12.2 Å². The van der Waals surface area contributed by atoms with Gasteiger partial charge in [0.25, 0.3) is 0 Å². The van der Waals surface area contributed by atoms with E-state index < -0.39 is 86.8 Å². The first-order chi connectivity index (χ1) is 38.1. The number of hydrogen-bond donors (Lipinski definition) is 9. The van der Waals surface area contributed by atoms with Gasteiger partial charge in [-0.05, 0) is 19.3 Å². The van der Waals surface area contributed by atoms with Crippen LogP contribution in [0.2, 0.25) is 0 Å². The molecule has 14 heteroatoms. The van der Waals surface area contributed by atoms with Crippen LogP contribution in [0.1, 0.15) is 296 Å². The lowest BCUT2D eigenvalue weighted by Crippen LogP contribution is -2.65. The van der Waals surface area contributed by atoms with Gasteiger partial charge in [0, 0.05) is 6.42 Å². The normalized spacial score (nSPS) is 24.5. The van der Waals surface area contributed by atoms with Gasteiger partial charge in [0.05, 0.1) is 32.0 Å². The summed E-state index contributed by atoms with van der Waals surface area (Å²) in [5.41, 5.74) is 0. The van der Waals surface area contributed by atoms with Gasteiger partial charge in [-0.1, -0.05) is 283 Å². The number of hydrogen-bond acceptors (Lipinski definition) is 13. The molecular weight excluding hydrogens is 991 g/mol. The highest BCUT2D eigenvalue weighted by molar-refractivity contribution is 5.76. The second-order valence-corrected chi connectivity index (χ2v) is 23.6. The van der Waals surface area contributed by atoms with Crippen molar-refractivity contribution in [3.63, 3.8) is 0 Å². The second kappa shape index (κ2) is 50.3. The number of rotatable bonds is 54. The number of aliphatic hydroxyl groups excluding tert-OH is 8. The van der Waals surface area contributed by atoms with Crippen LogP contribution in [-0.2, 0) is 23.7 Å². The van der Waals surface area contributed by atoms with Gasteiger partial charge in [-0.25, -0.2) is 0 Å². The highest BCUT2D eigenvalue weighted by atomic mass is 16.7. The van der Waals surface area contributed by atoms with Gasteiger partial charge in [0.15, 0.2) is 12.6 Å². The minimum atomic E-state index is -1.79. The summed E-state index contributed by atoms with van der Waals surface area (Å²) in [6, 6.07) is -0.910. The minimum Gasteiger partial charge on any atom is -0.394 e. The molecule has 2 rings (SSSR count). The summed E-state index contributed by atoms with van der Waals surface area (Å²) >= 11 is 0. The highest BCUT2D eigenvalue weighted by Crippen LogP contribution is 2.30. The molecule has 0 aromatic rings. The van der Waals surface area contributed by atoms with Gasteiger partial charge in [-0.15, -0.1) is 0 Å². The Kier molecular flexibility index (Phi) is 46.9. The fourth-order valence-electron chi connectivity index (χ4n) is 11.2. The molecule has 2 fully saturated rings. The van der Waals surface area contributed by atoms with Crippen molar-refractivity contribution in [2.45, 2.75) is 370 Å². The maximum Gasteiger partial charge on any atom is 0.220 e. The summed E-state index contributed by atoms with van der Waals surface area (Å²) in [4.78, 5) is 13.3. The number of unbranched alkanes of at least 4 members (excludes halogenated alkanes) is 41. The van der Waals surface area contributed by atoms with Gasteiger partial charge in [-0.2, -0.15) is 0 Å². The predicted octanol–water partition coefficient (Wildman–Crippen LogP) is 12.2. The van der Waals surface area contributed by atoms with E-state index in [1.54, 1.807) is 6.08 Å². The molecule has 0 aromatic heterocycles. The van der Waals surface area contributed by atoms with Crippen molar-refractivity contribution < 1.29 is 64.6 Å². The number of aliphatic hydroxyl groups is 8. The molecule has 2 aliphatic heterocycles. The lowest BCUT2D eigenvalue weighted by atomic mass is 9.97. The second-order valence-electron chi connectivity index (χ2n) is 23.6. The Hall–Kier alpha value is -1.27. The summed E-state index contributed by atoms with van der Waals surface area (Å²) in [6.07, 6.45) is 42.5. The topological polar surface area (TPSA) is 228 Å². The van der Waals surface area contributed by atoms with Crippen LogP contribution in [-0.4, -0.2) is 140 Å².